The number of rotatable bonds is 2. The Hall–Kier alpha value is -1.07. The van der Waals surface area contributed by atoms with E-state index in [-0.39, 0.29) is 0 Å². The monoisotopic (exact) mass is 294 g/mol. The highest BCUT2D eigenvalue weighted by Crippen LogP contribution is 2.31. The van der Waals surface area contributed by atoms with E-state index in [4.69, 9.17) is 11.6 Å². The van der Waals surface area contributed by atoms with E-state index < -0.39 is 0 Å². The predicted molar refractivity (Wildman–Crippen MR) is 75.7 cm³/mol. The molecule has 0 fully saturated rings. The third-order valence-electron chi connectivity index (χ3n) is 3.30. The molecule has 1 aliphatic rings. The molecular weight excluding hydrogens is 280 g/mol. The van der Waals surface area contributed by atoms with Gasteiger partial charge >= 0.3 is 0 Å². The smallest absolute Gasteiger partial charge is 0.196 e. The Morgan fingerprint density at radius 3 is 3.05 bits per heavy atom. The average Bonchev–Trinajstić information content (AvgIpc) is 2.62. The van der Waals surface area contributed by atoms with Crippen molar-refractivity contribution in [3.63, 3.8) is 0 Å². The summed E-state index contributed by atoms with van der Waals surface area (Å²) in [6, 6.07) is 1.89. The molecular formula is C13H15ClN4S. The number of fused-ring (bicyclic) bond motifs is 1. The fraction of sp³-hybridized carbons (Fsp3) is 0.462. The van der Waals surface area contributed by atoms with Gasteiger partial charge in [0.25, 0.3) is 0 Å². The lowest BCUT2D eigenvalue weighted by Gasteiger charge is -2.08. The first-order valence-corrected chi connectivity index (χ1v) is 7.65. The minimum Gasteiger partial charge on any atom is -0.306 e. The molecule has 1 aliphatic heterocycles. The molecule has 0 amide bonds. The number of pyridine rings is 1. The van der Waals surface area contributed by atoms with Gasteiger partial charge in [-0.05, 0) is 43.2 Å². The lowest BCUT2D eigenvalue weighted by molar-refractivity contribution is 0.591. The lowest BCUT2D eigenvalue weighted by atomic mass is 10.2. The molecule has 3 heterocycles. The Labute approximate surface area is 121 Å². The highest BCUT2D eigenvalue weighted by atomic mass is 35.5. The highest BCUT2D eigenvalue weighted by Gasteiger charge is 2.16. The van der Waals surface area contributed by atoms with Gasteiger partial charge in [-0.3, -0.25) is 0 Å². The van der Waals surface area contributed by atoms with Crippen molar-refractivity contribution in [2.75, 3.05) is 0 Å². The first-order valence-electron chi connectivity index (χ1n) is 6.46. The molecule has 19 heavy (non-hydrogen) atoms. The first-order chi connectivity index (χ1) is 9.24. The fourth-order valence-electron chi connectivity index (χ4n) is 2.22. The third kappa shape index (κ3) is 2.77. The zero-order valence-electron chi connectivity index (χ0n) is 10.8. The average molecular weight is 295 g/mol. The second-order valence-corrected chi connectivity index (χ2v) is 6.13. The van der Waals surface area contributed by atoms with Crippen molar-refractivity contribution in [2.24, 2.45) is 0 Å². The van der Waals surface area contributed by atoms with Crippen molar-refractivity contribution in [2.45, 2.75) is 49.2 Å². The summed E-state index contributed by atoms with van der Waals surface area (Å²) < 4.78 is 2.24. The van der Waals surface area contributed by atoms with Crippen molar-refractivity contribution >= 4 is 23.4 Å². The quantitative estimate of drug-likeness (QED) is 0.795. The van der Waals surface area contributed by atoms with Crippen LogP contribution in [-0.4, -0.2) is 19.7 Å². The summed E-state index contributed by atoms with van der Waals surface area (Å²) >= 11 is 7.58. The van der Waals surface area contributed by atoms with E-state index in [2.05, 4.69) is 19.7 Å². The second-order valence-electron chi connectivity index (χ2n) is 4.74. The van der Waals surface area contributed by atoms with Gasteiger partial charge < -0.3 is 4.57 Å². The van der Waals surface area contributed by atoms with E-state index in [1.165, 1.54) is 19.3 Å². The van der Waals surface area contributed by atoms with Gasteiger partial charge in [0.2, 0.25) is 0 Å². The molecule has 2 aromatic heterocycles. The van der Waals surface area contributed by atoms with Crippen LogP contribution in [0.25, 0.3) is 0 Å². The van der Waals surface area contributed by atoms with Crippen LogP contribution >= 0.6 is 23.4 Å². The van der Waals surface area contributed by atoms with Crippen LogP contribution in [-0.2, 0) is 13.0 Å². The Balaban J connectivity index is 1.91. The minimum atomic E-state index is 0.517. The van der Waals surface area contributed by atoms with Gasteiger partial charge in [0.05, 0.1) is 0 Å². The van der Waals surface area contributed by atoms with E-state index in [9.17, 15) is 0 Å². The zero-order chi connectivity index (χ0) is 13.2. The van der Waals surface area contributed by atoms with Crippen LogP contribution in [0.1, 0.15) is 30.7 Å². The third-order valence-corrected chi connectivity index (χ3v) is 4.65. The molecule has 0 N–H and O–H groups in total. The highest BCUT2D eigenvalue weighted by molar-refractivity contribution is 7.99. The maximum absolute atomic E-state index is 5.96. The molecule has 4 nitrogen and oxygen atoms in total. The molecule has 0 aromatic carbocycles. The van der Waals surface area contributed by atoms with Gasteiger partial charge in [-0.1, -0.05) is 18.0 Å². The molecule has 0 spiro atoms. The Kier molecular flexibility index (Phi) is 3.75. The number of halogens is 1. The van der Waals surface area contributed by atoms with Crippen molar-refractivity contribution in [3.8, 4) is 0 Å². The fourth-order valence-corrected chi connectivity index (χ4v) is 3.42. The molecule has 0 bridgehead atoms. The van der Waals surface area contributed by atoms with Crippen LogP contribution in [0.4, 0.5) is 0 Å². The van der Waals surface area contributed by atoms with Crippen molar-refractivity contribution in [1.29, 1.82) is 0 Å². The van der Waals surface area contributed by atoms with Crippen LogP contribution in [0.5, 0.6) is 0 Å². The Morgan fingerprint density at radius 2 is 2.16 bits per heavy atom. The number of hydrogen-bond donors (Lipinski definition) is 0. The molecule has 100 valence electrons. The summed E-state index contributed by atoms with van der Waals surface area (Å²) in [5, 5.41) is 10.1. The van der Waals surface area contributed by atoms with E-state index in [0.29, 0.717) is 5.15 Å². The Bertz CT molecular complexity index is 596. The molecule has 3 rings (SSSR count). The summed E-state index contributed by atoms with van der Waals surface area (Å²) in [6.07, 6.45) is 6.51. The number of aromatic nitrogens is 4. The normalized spacial score (nSPS) is 15.1. The summed E-state index contributed by atoms with van der Waals surface area (Å²) in [7, 11) is 0. The number of aryl methyl sites for hydroxylation is 2. The maximum atomic E-state index is 5.96. The van der Waals surface area contributed by atoms with E-state index in [0.717, 1.165) is 34.4 Å². The summed E-state index contributed by atoms with van der Waals surface area (Å²) in [4.78, 5) is 5.18. The summed E-state index contributed by atoms with van der Waals surface area (Å²) in [5.74, 6) is 1.11. The van der Waals surface area contributed by atoms with Gasteiger partial charge in [-0.2, -0.15) is 0 Å². The van der Waals surface area contributed by atoms with Crippen LogP contribution < -0.4 is 0 Å². The maximum Gasteiger partial charge on any atom is 0.196 e. The topological polar surface area (TPSA) is 43.6 Å². The van der Waals surface area contributed by atoms with E-state index in [1.54, 1.807) is 18.0 Å². The van der Waals surface area contributed by atoms with E-state index >= 15 is 0 Å². The van der Waals surface area contributed by atoms with Crippen molar-refractivity contribution in [1.82, 2.24) is 19.7 Å². The van der Waals surface area contributed by atoms with Crippen molar-refractivity contribution < 1.29 is 0 Å². The van der Waals surface area contributed by atoms with Gasteiger partial charge in [0.1, 0.15) is 11.0 Å². The van der Waals surface area contributed by atoms with Gasteiger partial charge in [-0.15, -0.1) is 10.2 Å². The predicted octanol–water partition coefficient (Wildman–Crippen LogP) is 3.51. The van der Waals surface area contributed by atoms with Crippen LogP contribution in [0.2, 0.25) is 5.15 Å². The molecule has 0 aliphatic carbocycles. The van der Waals surface area contributed by atoms with Crippen molar-refractivity contribution in [3.05, 3.63) is 28.8 Å². The van der Waals surface area contributed by atoms with Crippen LogP contribution in [0.15, 0.2) is 22.3 Å². The number of hydrogen-bond acceptors (Lipinski definition) is 4. The molecule has 6 heteroatoms. The largest absolute Gasteiger partial charge is 0.306 e. The molecule has 0 saturated carbocycles. The number of nitrogens with zero attached hydrogens (tertiary/aromatic N) is 4. The first kappa shape index (κ1) is 12.9. The molecule has 0 atom stereocenters. The molecule has 0 unspecified atom stereocenters. The second kappa shape index (κ2) is 5.51. The lowest BCUT2D eigenvalue weighted by Crippen LogP contribution is -2.02. The molecule has 2 aromatic rings. The van der Waals surface area contributed by atoms with E-state index in [1.807, 2.05) is 13.0 Å². The minimum absolute atomic E-state index is 0.517. The summed E-state index contributed by atoms with van der Waals surface area (Å²) in [6.45, 7) is 3.05. The SMILES string of the molecule is Cc1cnc(Cl)cc1Sc1nnc2n1CCCCC2. The Morgan fingerprint density at radius 1 is 1.26 bits per heavy atom. The van der Waals surface area contributed by atoms with Gasteiger partial charge in [-0.25, -0.2) is 4.98 Å². The van der Waals surface area contributed by atoms with Gasteiger partial charge in [0, 0.05) is 24.1 Å². The zero-order valence-corrected chi connectivity index (χ0v) is 12.3. The van der Waals surface area contributed by atoms with Crippen LogP contribution in [0.3, 0.4) is 0 Å². The molecule has 0 saturated heterocycles. The standard InChI is InChI=1S/C13H15ClN4S/c1-9-8-15-11(14)7-10(9)19-13-17-16-12-5-3-2-4-6-18(12)13/h7-8H,2-6H2,1H3. The summed E-state index contributed by atoms with van der Waals surface area (Å²) in [5.41, 5.74) is 1.11. The van der Waals surface area contributed by atoms with Gasteiger partial charge in [0.15, 0.2) is 5.16 Å². The van der Waals surface area contributed by atoms with Crippen LogP contribution in [0, 0.1) is 6.92 Å². The molecule has 0 radical (unpaired) electrons.